The normalized spacial score (nSPS) is 11.9. The minimum atomic E-state index is -3.66. The smallest absolute Gasteiger partial charge is 0.299 e. The molecule has 1 aromatic carbocycles. The third kappa shape index (κ3) is 6.39. The van der Waals surface area contributed by atoms with Gasteiger partial charge in [-0.25, -0.2) is 0 Å². The van der Waals surface area contributed by atoms with Gasteiger partial charge in [0, 0.05) is 11.6 Å². The van der Waals surface area contributed by atoms with E-state index >= 15 is 0 Å². The number of hydrogen-bond acceptors (Lipinski definition) is 4. The van der Waals surface area contributed by atoms with Gasteiger partial charge in [0.2, 0.25) is 0 Å². The van der Waals surface area contributed by atoms with Gasteiger partial charge in [-0.2, -0.15) is 13.1 Å². The Morgan fingerprint density at radius 3 is 2.60 bits per heavy atom. The Kier molecular flexibility index (Phi) is 4.96. The van der Waals surface area contributed by atoms with E-state index in [1.54, 1.807) is 39.0 Å². The van der Waals surface area contributed by atoms with Crippen molar-refractivity contribution >= 4 is 21.7 Å². The average Bonchev–Trinajstić information content (AvgIpc) is 2.22. The topological polar surface area (TPSA) is 117 Å². The summed E-state index contributed by atoms with van der Waals surface area (Å²) in [7, 11) is -3.66. The van der Waals surface area contributed by atoms with Crippen molar-refractivity contribution in [3.05, 3.63) is 24.3 Å². The highest BCUT2D eigenvalue weighted by molar-refractivity contribution is 7.90. The minimum Gasteiger partial charge on any atom is -0.486 e. The van der Waals surface area contributed by atoms with Crippen LogP contribution in [0.2, 0.25) is 0 Å². The molecule has 0 aliphatic carbocycles. The molecule has 0 unspecified atom stereocenters. The maximum atomic E-state index is 11.9. The molecule has 0 fully saturated rings. The van der Waals surface area contributed by atoms with Gasteiger partial charge in [0.15, 0.2) is 0 Å². The summed E-state index contributed by atoms with van der Waals surface area (Å²) in [5.41, 5.74) is 4.98. The summed E-state index contributed by atoms with van der Waals surface area (Å²) in [6, 6.07) is 6.41. The lowest BCUT2D eigenvalue weighted by molar-refractivity contribution is 0.374. The fourth-order valence-corrected chi connectivity index (χ4v) is 2.69. The Bertz CT molecular complexity index is 579. The van der Waals surface area contributed by atoms with Crippen LogP contribution in [-0.2, 0) is 10.2 Å². The van der Waals surface area contributed by atoms with E-state index in [0.29, 0.717) is 11.4 Å². The van der Waals surface area contributed by atoms with Crippen molar-refractivity contribution in [1.82, 2.24) is 4.72 Å². The molecule has 0 aliphatic rings. The molecule has 112 valence electrons. The fourth-order valence-electron chi connectivity index (χ4n) is 1.39. The highest BCUT2D eigenvalue weighted by Crippen LogP contribution is 2.18. The number of ether oxygens (including phenoxy) is 1. The summed E-state index contributed by atoms with van der Waals surface area (Å²) in [4.78, 5) is 0. The van der Waals surface area contributed by atoms with E-state index in [-0.39, 0.29) is 12.4 Å². The van der Waals surface area contributed by atoms with Crippen LogP contribution in [0.25, 0.3) is 0 Å². The maximum absolute atomic E-state index is 11.9. The Labute approximate surface area is 119 Å². The molecule has 0 saturated carbocycles. The second-order valence-corrected chi connectivity index (χ2v) is 6.71. The molecule has 0 radical (unpaired) electrons. The summed E-state index contributed by atoms with van der Waals surface area (Å²) in [6.45, 7) is 5.20. The average molecular weight is 300 g/mol. The molecule has 0 heterocycles. The van der Waals surface area contributed by atoms with Gasteiger partial charge in [-0.1, -0.05) is 6.07 Å². The van der Waals surface area contributed by atoms with E-state index in [1.165, 1.54) is 6.07 Å². The number of rotatable bonds is 6. The van der Waals surface area contributed by atoms with Crippen molar-refractivity contribution in [1.29, 1.82) is 5.41 Å². The summed E-state index contributed by atoms with van der Waals surface area (Å²) < 4.78 is 33.8. The molecule has 0 atom stereocenters. The summed E-state index contributed by atoms with van der Waals surface area (Å²) in [5.74, 6) is 0.321. The zero-order chi connectivity index (χ0) is 15.4. The van der Waals surface area contributed by atoms with E-state index in [9.17, 15) is 8.42 Å². The third-order valence-corrected chi connectivity index (χ3v) is 3.31. The Morgan fingerprint density at radius 1 is 1.40 bits per heavy atom. The van der Waals surface area contributed by atoms with Crippen LogP contribution in [0.4, 0.5) is 5.69 Å². The van der Waals surface area contributed by atoms with Crippen LogP contribution in [0.1, 0.15) is 20.8 Å². The minimum absolute atomic E-state index is 0.0452. The molecule has 1 aromatic rings. The van der Waals surface area contributed by atoms with Crippen molar-refractivity contribution in [3.63, 3.8) is 0 Å². The second kappa shape index (κ2) is 6.10. The van der Waals surface area contributed by atoms with Crippen LogP contribution in [0.3, 0.4) is 0 Å². The van der Waals surface area contributed by atoms with Crippen LogP contribution in [-0.4, -0.2) is 26.4 Å². The predicted octanol–water partition coefficient (Wildman–Crippen LogP) is 1.05. The highest BCUT2D eigenvalue weighted by atomic mass is 32.2. The van der Waals surface area contributed by atoms with E-state index in [4.69, 9.17) is 15.9 Å². The molecule has 0 amide bonds. The van der Waals surface area contributed by atoms with Crippen molar-refractivity contribution < 1.29 is 13.2 Å². The molecule has 0 bridgehead atoms. The third-order valence-electron chi connectivity index (χ3n) is 1.92. The largest absolute Gasteiger partial charge is 0.486 e. The molecule has 0 saturated heterocycles. The van der Waals surface area contributed by atoms with Gasteiger partial charge in [-0.15, -0.1) is 0 Å². The predicted molar refractivity (Wildman–Crippen MR) is 79.3 cm³/mol. The van der Waals surface area contributed by atoms with Crippen LogP contribution >= 0.6 is 0 Å². The van der Waals surface area contributed by atoms with E-state index in [2.05, 4.69) is 9.44 Å². The standard InChI is InChI=1S/C12H20N4O3S/c1-12(2,3)16-20(17,18)15-9-5-4-6-10(7-9)19-8-11(13)14/h4-7,15-16H,8H2,1-3H3,(H3,13,14). The fraction of sp³-hybridized carbons (Fsp3) is 0.417. The van der Waals surface area contributed by atoms with Gasteiger partial charge in [-0.05, 0) is 32.9 Å². The molecular formula is C12H20N4O3S. The lowest BCUT2D eigenvalue weighted by Crippen LogP contribution is -2.43. The van der Waals surface area contributed by atoms with Crippen molar-refractivity contribution in [2.24, 2.45) is 5.73 Å². The summed E-state index contributed by atoms with van der Waals surface area (Å²) >= 11 is 0. The zero-order valence-electron chi connectivity index (χ0n) is 11.7. The summed E-state index contributed by atoms with van der Waals surface area (Å²) in [5, 5.41) is 7.07. The quantitative estimate of drug-likeness (QED) is 0.464. The molecule has 1 rings (SSSR count). The Balaban J connectivity index is 2.78. The second-order valence-electron chi connectivity index (χ2n) is 5.30. The monoisotopic (exact) mass is 300 g/mol. The van der Waals surface area contributed by atoms with Crippen molar-refractivity contribution in [2.75, 3.05) is 11.3 Å². The number of nitrogens with two attached hydrogens (primary N) is 1. The first-order valence-electron chi connectivity index (χ1n) is 5.95. The lowest BCUT2D eigenvalue weighted by atomic mass is 10.1. The van der Waals surface area contributed by atoms with E-state index in [0.717, 1.165) is 0 Å². The molecule has 0 aliphatic heterocycles. The molecule has 20 heavy (non-hydrogen) atoms. The Hall–Kier alpha value is -1.80. The number of benzene rings is 1. The van der Waals surface area contributed by atoms with Gasteiger partial charge in [0.1, 0.15) is 18.2 Å². The number of nitrogens with one attached hydrogen (secondary N) is 3. The molecule has 0 spiro atoms. The lowest BCUT2D eigenvalue weighted by Gasteiger charge is -2.21. The Morgan fingerprint density at radius 2 is 2.05 bits per heavy atom. The molecule has 0 aromatic heterocycles. The number of amidine groups is 1. The maximum Gasteiger partial charge on any atom is 0.299 e. The van der Waals surface area contributed by atoms with Gasteiger partial charge in [0.05, 0.1) is 5.69 Å². The first-order chi connectivity index (χ1) is 9.07. The molecule has 7 nitrogen and oxygen atoms in total. The first-order valence-corrected chi connectivity index (χ1v) is 7.43. The van der Waals surface area contributed by atoms with Crippen LogP contribution < -0.4 is 19.9 Å². The van der Waals surface area contributed by atoms with Gasteiger partial charge in [0.25, 0.3) is 10.2 Å². The SMILES string of the molecule is CC(C)(C)NS(=O)(=O)Nc1cccc(OCC(=N)N)c1. The van der Waals surface area contributed by atoms with Crippen molar-refractivity contribution in [2.45, 2.75) is 26.3 Å². The van der Waals surface area contributed by atoms with Gasteiger partial charge >= 0.3 is 0 Å². The van der Waals surface area contributed by atoms with E-state index < -0.39 is 15.7 Å². The summed E-state index contributed by atoms with van der Waals surface area (Å²) in [6.07, 6.45) is 0. The number of anilines is 1. The first kappa shape index (κ1) is 16.3. The van der Waals surface area contributed by atoms with Crippen LogP contribution in [0, 0.1) is 5.41 Å². The van der Waals surface area contributed by atoms with E-state index in [1.807, 2.05) is 0 Å². The van der Waals surface area contributed by atoms with Gasteiger partial charge in [-0.3, -0.25) is 10.1 Å². The number of hydrogen-bond donors (Lipinski definition) is 4. The molecular weight excluding hydrogens is 280 g/mol. The highest BCUT2D eigenvalue weighted by Gasteiger charge is 2.19. The zero-order valence-corrected chi connectivity index (χ0v) is 12.5. The molecule has 5 N–H and O–H groups in total. The van der Waals surface area contributed by atoms with Crippen LogP contribution in [0.5, 0.6) is 5.75 Å². The van der Waals surface area contributed by atoms with Crippen LogP contribution in [0.15, 0.2) is 24.3 Å². The van der Waals surface area contributed by atoms with Crippen molar-refractivity contribution in [3.8, 4) is 5.75 Å². The molecule has 8 heteroatoms. The van der Waals surface area contributed by atoms with Gasteiger partial charge < -0.3 is 10.5 Å².